The number of nitrogens with zero attached hydrogens (tertiary/aromatic N) is 2. The monoisotopic (exact) mass is 442 g/mol. The quantitative estimate of drug-likeness (QED) is 0.419. The van der Waals surface area contributed by atoms with Gasteiger partial charge >= 0.3 is 0 Å². The number of hydrogen-bond donors (Lipinski definition) is 0. The summed E-state index contributed by atoms with van der Waals surface area (Å²) in [5.74, 6) is 1.63. The zero-order chi connectivity index (χ0) is 22.9. The van der Waals surface area contributed by atoms with Crippen LogP contribution in [0.25, 0.3) is 0 Å². The highest BCUT2D eigenvalue weighted by Gasteiger charge is 2.40. The Morgan fingerprint density at radius 2 is 1.45 bits per heavy atom. The minimum atomic E-state index is -0.707. The Hall–Kier alpha value is -3.57. The zero-order valence-corrected chi connectivity index (χ0v) is 19.2. The van der Waals surface area contributed by atoms with Gasteiger partial charge in [0, 0.05) is 17.6 Å². The first-order valence-corrected chi connectivity index (χ1v) is 11.1. The summed E-state index contributed by atoms with van der Waals surface area (Å²) in [5, 5.41) is 0. The molecule has 1 unspecified atom stereocenters. The van der Waals surface area contributed by atoms with Crippen LogP contribution < -0.4 is 9.64 Å². The van der Waals surface area contributed by atoms with Crippen molar-refractivity contribution in [1.29, 1.82) is 0 Å². The summed E-state index contributed by atoms with van der Waals surface area (Å²) in [7, 11) is 3.37. The summed E-state index contributed by atoms with van der Waals surface area (Å²) in [5.41, 5.74) is 2.66. The summed E-state index contributed by atoms with van der Waals surface area (Å²) in [4.78, 5) is 6.83. The first-order chi connectivity index (χ1) is 16.2. The molecule has 1 aliphatic heterocycles. The fourth-order valence-electron chi connectivity index (χ4n) is 4.05. The third-order valence-corrected chi connectivity index (χ3v) is 5.82. The van der Waals surface area contributed by atoms with Gasteiger partial charge < -0.3 is 19.1 Å². The van der Waals surface area contributed by atoms with Gasteiger partial charge in [-0.3, -0.25) is 4.99 Å². The van der Waals surface area contributed by atoms with Crippen molar-refractivity contribution in [3.63, 3.8) is 0 Å². The number of methoxy groups -OCH3 is 2. The summed E-state index contributed by atoms with van der Waals surface area (Å²) in [6.07, 6.45) is 4.48. The molecule has 0 aliphatic carbocycles. The molecule has 0 saturated heterocycles. The Bertz CT molecular complexity index is 1030. The summed E-state index contributed by atoms with van der Waals surface area (Å²) < 4.78 is 17.7. The van der Waals surface area contributed by atoms with Gasteiger partial charge in [-0.05, 0) is 54.5 Å². The minimum absolute atomic E-state index is 0.492. The number of hydrogen-bond acceptors (Lipinski definition) is 5. The zero-order valence-electron chi connectivity index (χ0n) is 19.2. The highest BCUT2D eigenvalue weighted by molar-refractivity contribution is 5.74. The third kappa shape index (κ3) is 5.44. The number of benzene rings is 3. The molecule has 4 rings (SSSR count). The van der Waals surface area contributed by atoms with Crippen LogP contribution in [-0.4, -0.2) is 45.7 Å². The van der Waals surface area contributed by atoms with Crippen molar-refractivity contribution in [1.82, 2.24) is 0 Å². The Morgan fingerprint density at radius 1 is 0.818 bits per heavy atom. The lowest BCUT2D eigenvalue weighted by atomic mass is 9.96. The molecule has 33 heavy (non-hydrogen) atoms. The van der Waals surface area contributed by atoms with Gasteiger partial charge in [0.1, 0.15) is 11.5 Å². The van der Waals surface area contributed by atoms with Crippen LogP contribution in [0.4, 0.5) is 11.4 Å². The average Bonchev–Trinajstić information content (AvgIpc) is 2.89. The van der Waals surface area contributed by atoms with E-state index < -0.39 is 5.60 Å². The second-order valence-corrected chi connectivity index (χ2v) is 7.92. The predicted octanol–water partition coefficient (Wildman–Crippen LogP) is 5.45. The van der Waals surface area contributed by atoms with E-state index in [-0.39, 0.29) is 0 Å². The molecule has 170 valence electrons. The lowest BCUT2D eigenvalue weighted by Gasteiger charge is -2.40. The van der Waals surface area contributed by atoms with Gasteiger partial charge in [0.2, 0.25) is 0 Å². The molecule has 0 N–H and O–H groups in total. The molecule has 0 radical (unpaired) electrons. The largest absolute Gasteiger partial charge is 0.498 e. The topological polar surface area (TPSA) is 43.3 Å². The molecular formula is C28H30N2O3. The maximum atomic E-state index is 6.63. The molecule has 1 heterocycles. The van der Waals surface area contributed by atoms with Gasteiger partial charge in [-0.15, -0.1) is 0 Å². The maximum absolute atomic E-state index is 6.63. The van der Waals surface area contributed by atoms with E-state index in [1.165, 1.54) is 5.56 Å². The first kappa shape index (κ1) is 22.6. The van der Waals surface area contributed by atoms with E-state index in [4.69, 9.17) is 14.2 Å². The fraction of sp³-hybridized carbons (Fsp3) is 0.250. The molecule has 0 aromatic heterocycles. The van der Waals surface area contributed by atoms with Crippen molar-refractivity contribution in [3.05, 3.63) is 102 Å². The number of para-hydroxylation sites is 2. The lowest BCUT2D eigenvalue weighted by Crippen LogP contribution is -2.50. The number of allylic oxidation sites excluding steroid dienone is 1. The van der Waals surface area contributed by atoms with Gasteiger partial charge in [-0.1, -0.05) is 48.5 Å². The number of dihydropyridines is 1. The van der Waals surface area contributed by atoms with Crippen molar-refractivity contribution < 1.29 is 14.2 Å². The second kappa shape index (κ2) is 10.8. The number of aliphatic imine (C=N–C) groups is 1. The molecule has 5 heteroatoms. The van der Waals surface area contributed by atoms with Gasteiger partial charge in [0.25, 0.3) is 0 Å². The highest BCUT2D eigenvalue weighted by Crippen LogP contribution is 2.33. The van der Waals surface area contributed by atoms with Gasteiger partial charge in [0.05, 0.1) is 33.9 Å². The van der Waals surface area contributed by atoms with Crippen LogP contribution in [-0.2, 0) is 15.9 Å². The molecule has 0 amide bonds. The Balaban J connectivity index is 1.60. The molecule has 1 atom stereocenters. The number of anilines is 2. The maximum Gasteiger partial charge on any atom is 0.162 e. The Kier molecular flexibility index (Phi) is 7.43. The van der Waals surface area contributed by atoms with Crippen LogP contribution in [0.5, 0.6) is 5.75 Å². The SMILES string of the molecule is COC1=CC=NCC1(CN(c1ccccc1)c1ccccc1)OCCc1ccc(OC)cc1. The van der Waals surface area contributed by atoms with Crippen LogP contribution in [0.3, 0.4) is 0 Å². The summed E-state index contributed by atoms with van der Waals surface area (Å²) >= 11 is 0. The van der Waals surface area contributed by atoms with E-state index in [1.54, 1.807) is 20.4 Å². The molecule has 3 aromatic rings. The van der Waals surface area contributed by atoms with Crippen molar-refractivity contribution >= 4 is 17.6 Å². The second-order valence-electron chi connectivity index (χ2n) is 7.92. The van der Waals surface area contributed by atoms with Crippen molar-refractivity contribution in [3.8, 4) is 5.75 Å². The molecular weight excluding hydrogens is 412 g/mol. The van der Waals surface area contributed by atoms with E-state index >= 15 is 0 Å². The lowest BCUT2D eigenvalue weighted by molar-refractivity contribution is -0.0366. The van der Waals surface area contributed by atoms with E-state index in [9.17, 15) is 0 Å². The van der Waals surface area contributed by atoms with Crippen LogP contribution in [0.1, 0.15) is 5.56 Å². The van der Waals surface area contributed by atoms with Gasteiger partial charge in [-0.25, -0.2) is 0 Å². The molecule has 1 aliphatic rings. The van der Waals surface area contributed by atoms with Crippen LogP contribution >= 0.6 is 0 Å². The molecule has 0 spiro atoms. The van der Waals surface area contributed by atoms with Crippen LogP contribution in [0, 0.1) is 0 Å². The van der Waals surface area contributed by atoms with E-state index in [0.717, 1.165) is 29.3 Å². The average molecular weight is 443 g/mol. The molecule has 0 bridgehead atoms. The first-order valence-electron chi connectivity index (χ1n) is 11.1. The predicted molar refractivity (Wildman–Crippen MR) is 134 cm³/mol. The standard InChI is InChI=1S/C28H30N2O3/c1-31-26-15-13-23(14-16-26)18-20-33-28(21-29-19-17-27(28)32-2)22-30(24-9-5-3-6-10-24)25-11-7-4-8-12-25/h3-17,19H,18,20-22H2,1-2H3. The van der Waals surface area contributed by atoms with Crippen LogP contribution in [0.2, 0.25) is 0 Å². The van der Waals surface area contributed by atoms with Crippen LogP contribution in [0.15, 0.2) is 102 Å². The Morgan fingerprint density at radius 3 is 2.03 bits per heavy atom. The van der Waals surface area contributed by atoms with Gasteiger partial charge in [0.15, 0.2) is 5.60 Å². The minimum Gasteiger partial charge on any atom is -0.498 e. The van der Waals surface area contributed by atoms with Crippen molar-refractivity contribution in [2.75, 3.05) is 38.8 Å². The van der Waals surface area contributed by atoms with E-state index in [0.29, 0.717) is 19.7 Å². The van der Waals surface area contributed by atoms with Gasteiger partial charge in [-0.2, -0.15) is 0 Å². The van der Waals surface area contributed by atoms with Crippen molar-refractivity contribution in [2.24, 2.45) is 4.99 Å². The molecule has 0 saturated carbocycles. The van der Waals surface area contributed by atoms with E-state index in [1.807, 2.05) is 30.3 Å². The smallest absolute Gasteiger partial charge is 0.162 e. The molecule has 3 aromatic carbocycles. The third-order valence-electron chi connectivity index (χ3n) is 5.82. The number of ether oxygens (including phenoxy) is 3. The summed E-state index contributed by atoms with van der Waals surface area (Å²) in [6, 6.07) is 28.8. The fourth-order valence-corrected chi connectivity index (χ4v) is 4.05. The Labute approximate surface area is 195 Å². The molecule has 0 fully saturated rings. The number of rotatable bonds is 10. The van der Waals surface area contributed by atoms with Crippen molar-refractivity contribution in [2.45, 2.75) is 12.0 Å². The summed E-state index contributed by atoms with van der Waals surface area (Å²) in [6.45, 7) is 1.60. The normalized spacial score (nSPS) is 17.3. The van der Waals surface area contributed by atoms with E-state index in [2.05, 4.69) is 70.6 Å². The highest BCUT2D eigenvalue weighted by atomic mass is 16.5. The molecule has 5 nitrogen and oxygen atoms in total.